The number of fused-ring (bicyclic) bond motifs is 9. The van der Waals surface area contributed by atoms with Gasteiger partial charge in [0.05, 0.1) is 22.0 Å². The Balaban J connectivity index is 1.11. The fourth-order valence-electron chi connectivity index (χ4n) is 9.43. The minimum Gasteiger partial charge on any atom is -0.309 e. The van der Waals surface area contributed by atoms with Gasteiger partial charge in [0.25, 0.3) is 0 Å². The van der Waals surface area contributed by atoms with Crippen LogP contribution in [-0.2, 0) is 0 Å². The van der Waals surface area contributed by atoms with Crippen molar-refractivity contribution >= 4 is 82.3 Å². The maximum atomic E-state index is 5.65. The van der Waals surface area contributed by atoms with Crippen molar-refractivity contribution in [1.82, 2.24) is 14.5 Å². The summed E-state index contributed by atoms with van der Waals surface area (Å²) in [5.74, 6) is 0.750. The van der Waals surface area contributed by atoms with Crippen molar-refractivity contribution in [1.29, 1.82) is 0 Å². The van der Waals surface area contributed by atoms with Crippen LogP contribution in [0.4, 0.5) is 0 Å². The standard InChI is InChI=1S/C52H33N3SSi/c1-4-16-35(17-5-1)51-53-50(49-41-24-12-15-27-48(41)57(52(49)54-51,37-18-6-2-7-19-37)38-20-8-3-9-21-38)34-28-30-36(31-29-34)55-44-25-13-10-22-39(44)42-32-43-40-23-11-14-26-46(40)56-47(43)33-45(42)55/h1-33H. The van der Waals surface area contributed by atoms with Crippen LogP contribution in [0.25, 0.3) is 81.4 Å². The number of hydrogen-bond donors (Lipinski definition) is 0. The van der Waals surface area contributed by atoms with Gasteiger partial charge in [0.2, 0.25) is 8.07 Å². The molecule has 0 N–H and O–H groups in total. The molecule has 12 rings (SSSR count). The fraction of sp³-hybridized carbons (Fsp3) is 0. The molecule has 0 saturated carbocycles. The molecule has 1 aliphatic rings. The van der Waals surface area contributed by atoms with Crippen LogP contribution in [-0.4, -0.2) is 22.6 Å². The van der Waals surface area contributed by atoms with E-state index in [0.717, 1.165) is 39.2 Å². The van der Waals surface area contributed by atoms with Crippen molar-refractivity contribution in [3.8, 4) is 39.5 Å². The maximum Gasteiger partial charge on any atom is 0.203 e. The molecule has 0 radical (unpaired) electrons. The molecule has 266 valence electrons. The van der Waals surface area contributed by atoms with E-state index in [9.17, 15) is 0 Å². The lowest BCUT2D eigenvalue weighted by atomic mass is 10.00. The molecule has 0 amide bonds. The zero-order valence-corrected chi connectivity index (χ0v) is 32.6. The van der Waals surface area contributed by atoms with Crippen LogP contribution in [0.15, 0.2) is 200 Å². The molecule has 3 aromatic heterocycles. The molecule has 3 nitrogen and oxygen atoms in total. The lowest BCUT2D eigenvalue weighted by Crippen LogP contribution is -2.73. The van der Waals surface area contributed by atoms with Crippen LogP contribution in [0.1, 0.15) is 0 Å². The summed E-state index contributed by atoms with van der Waals surface area (Å²) in [4.78, 5) is 11.1. The lowest BCUT2D eigenvalue weighted by Gasteiger charge is -2.30. The first-order chi connectivity index (χ1) is 28.3. The third-order valence-electron chi connectivity index (χ3n) is 11.9. The molecule has 8 aromatic carbocycles. The van der Waals surface area contributed by atoms with E-state index in [1.807, 2.05) is 11.3 Å². The number of rotatable bonds is 5. The number of nitrogens with zero attached hydrogens (tertiary/aromatic N) is 3. The molecule has 5 heteroatoms. The summed E-state index contributed by atoms with van der Waals surface area (Å²) in [6, 6.07) is 73.0. The third-order valence-corrected chi connectivity index (χ3v) is 17.7. The van der Waals surface area contributed by atoms with Gasteiger partial charge in [-0.2, -0.15) is 0 Å². The van der Waals surface area contributed by atoms with Crippen molar-refractivity contribution in [2.24, 2.45) is 0 Å². The number of benzene rings is 8. The molecule has 0 unspecified atom stereocenters. The summed E-state index contributed by atoms with van der Waals surface area (Å²) < 4.78 is 5.05. The SMILES string of the molecule is c1ccc(-c2nc(-c3ccc(-n4c5ccccc5c5cc6c(cc54)sc4ccccc46)cc3)c3c(n2)[Si](c2ccccc2)(c2ccccc2)c2ccccc2-3)cc1. The van der Waals surface area contributed by atoms with Gasteiger partial charge in [-0.1, -0.05) is 164 Å². The molecule has 0 spiro atoms. The van der Waals surface area contributed by atoms with Gasteiger partial charge in [0, 0.05) is 53.3 Å². The Bertz CT molecular complexity index is 3300. The monoisotopic (exact) mass is 759 g/mol. The van der Waals surface area contributed by atoms with E-state index >= 15 is 0 Å². The van der Waals surface area contributed by atoms with Gasteiger partial charge in [-0.3, -0.25) is 0 Å². The number of aromatic nitrogens is 3. The van der Waals surface area contributed by atoms with Crippen LogP contribution in [0.3, 0.4) is 0 Å². The molecule has 1 aliphatic heterocycles. The highest BCUT2D eigenvalue weighted by atomic mass is 32.1. The Labute approximate surface area is 334 Å². The largest absolute Gasteiger partial charge is 0.309 e. The van der Waals surface area contributed by atoms with Crippen LogP contribution < -0.4 is 20.9 Å². The van der Waals surface area contributed by atoms with Gasteiger partial charge in [-0.15, -0.1) is 11.3 Å². The maximum absolute atomic E-state index is 5.65. The molecule has 0 aliphatic carbocycles. The second kappa shape index (κ2) is 12.5. The summed E-state index contributed by atoms with van der Waals surface area (Å²) in [6.45, 7) is 0. The smallest absolute Gasteiger partial charge is 0.203 e. The Morgan fingerprint density at radius 2 is 1.07 bits per heavy atom. The number of hydrogen-bond acceptors (Lipinski definition) is 3. The zero-order chi connectivity index (χ0) is 37.5. The quantitative estimate of drug-likeness (QED) is 0.164. The van der Waals surface area contributed by atoms with E-state index in [-0.39, 0.29) is 0 Å². The molecular weight excluding hydrogens is 727 g/mol. The Kier molecular flexibility index (Phi) is 7.12. The normalized spacial score (nSPS) is 13.1. The average molecular weight is 760 g/mol. The van der Waals surface area contributed by atoms with Crippen molar-refractivity contribution < 1.29 is 0 Å². The van der Waals surface area contributed by atoms with Gasteiger partial charge >= 0.3 is 0 Å². The van der Waals surface area contributed by atoms with Crippen molar-refractivity contribution in [2.75, 3.05) is 0 Å². The second-order valence-electron chi connectivity index (χ2n) is 14.9. The highest BCUT2D eigenvalue weighted by Crippen LogP contribution is 2.41. The van der Waals surface area contributed by atoms with Crippen molar-refractivity contribution in [2.45, 2.75) is 0 Å². The molecule has 0 saturated heterocycles. The topological polar surface area (TPSA) is 30.7 Å². The molecule has 0 fully saturated rings. The van der Waals surface area contributed by atoms with Crippen molar-refractivity contribution in [3.63, 3.8) is 0 Å². The first-order valence-electron chi connectivity index (χ1n) is 19.4. The van der Waals surface area contributed by atoms with Crippen molar-refractivity contribution in [3.05, 3.63) is 200 Å². The zero-order valence-electron chi connectivity index (χ0n) is 30.8. The average Bonchev–Trinajstić information content (AvgIpc) is 3.92. The van der Waals surface area contributed by atoms with Gasteiger partial charge in [0.15, 0.2) is 5.82 Å². The predicted molar refractivity (Wildman–Crippen MR) is 243 cm³/mol. The first kappa shape index (κ1) is 32.3. The molecule has 57 heavy (non-hydrogen) atoms. The van der Waals surface area contributed by atoms with Crippen LogP contribution in [0, 0.1) is 0 Å². The number of para-hydroxylation sites is 1. The Morgan fingerprint density at radius 1 is 0.439 bits per heavy atom. The third kappa shape index (κ3) is 4.70. The highest BCUT2D eigenvalue weighted by Gasteiger charge is 2.51. The predicted octanol–water partition coefficient (Wildman–Crippen LogP) is 10.6. The first-order valence-corrected chi connectivity index (χ1v) is 22.2. The van der Waals surface area contributed by atoms with E-state index in [2.05, 4.69) is 205 Å². The van der Waals surface area contributed by atoms with Crippen LogP contribution >= 0.6 is 11.3 Å². The number of thiophene rings is 1. The van der Waals surface area contributed by atoms with E-state index < -0.39 is 8.07 Å². The van der Waals surface area contributed by atoms with Gasteiger partial charge in [0.1, 0.15) is 0 Å². The summed E-state index contributed by atoms with van der Waals surface area (Å²) in [7, 11) is -2.86. The fourth-order valence-corrected chi connectivity index (χ4v) is 15.6. The van der Waals surface area contributed by atoms with E-state index in [0.29, 0.717) is 0 Å². The summed E-state index contributed by atoms with van der Waals surface area (Å²) in [5, 5.41) is 10.3. The van der Waals surface area contributed by atoms with E-state index in [4.69, 9.17) is 9.97 Å². The van der Waals surface area contributed by atoms with E-state index in [1.165, 1.54) is 63.1 Å². The second-order valence-corrected chi connectivity index (χ2v) is 19.6. The van der Waals surface area contributed by atoms with Crippen LogP contribution in [0.2, 0.25) is 0 Å². The Hall–Kier alpha value is -6.92. The van der Waals surface area contributed by atoms with Gasteiger partial charge < -0.3 is 4.57 Å². The molecule has 0 atom stereocenters. The minimum atomic E-state index is -2.86. The minimum absolute atomic E-state index is 0.750. The summed E-state index contributed by atoms with van der Waals surface area (Å²) in [5.41, 5.74) is 8.95. The molecule has 4 heterocycles. The highest BCUT2D eigenvalue weighted by molar-refractivity contribution is 7.26. The lowest BCUT2D eigenvalue weighted by molar-refractivity contribution is 1.18. The van der Waals surface area contributed by atoms with Gasteiger partial charge in [-0.25, -0.2) is 9.97 Å². The molecular formula is C52H33N3SSi. The van der Waals surface area contributed by atoms with Crippen LogP contribution in [0.5, 0.6) is 0 Å². The van der Waals surface area contributed by atoms with Gasteiger partial charge in [-0.05, 0) is 57.5 Å². The summed E-state index contributed by atoms with van der Waals surface area (Å²) in [6.07, 6.45) is 0. The molecule has 11 aromatic rings. The molecule has 0 bridgehead atoms. The summed E-state index contributed by atoms with van der Waals surface area (Å²) >= 11 is 1.87. The Morgan fingerprint density at radius 3 is 1.82 bits per heavy atom. The van der Waals surface area contributed by atoms with E-state index in [1.54, 1.807) is 0 Å².